The van der Waals surface area contributed by atoms with Crippen LogP contribution in [-0.2, 0) is 29.1 Å². The van der Waals surface area contributed by atoms with Crippen LogP contribution in [0.15, 0.2) is 48.7 Å². The number of halogens is 2. The van der Waals surface area contributed by atoms with Gasteiger partial charge in [-0.1, -0.05) is 36.2 Å². The number of aromatic nitrogens is 2. The van der Waals surface area contributed by atoms with Crippen molar-refractivity contribution in [3.63, 3.8) is 0 Å². The lowest BCUT2D eigenvalue weighted by Gasteiger charge is -2.29. The summed E-state index contributed by atoms with van der Waals surface area (Å²) in [5.41, 5.74) is 4.04. The van der Waals surface area contributed by atoms with Crippen molar-refractivity contribution < 1.29 is 14.3 Å². The van der Waals surface area contributed by atoms with Crippen molar-refractivity contribution in [3.05, 3.63) is 75.5 Å². The van der Waals surface area contributed by atoms with Gasteiger partial charge in [-0.25, -0.2) is 9.97 Å². The van der Waals surface area contributed by atoms with Crippen LogP contribution in [0.3, 0.4) is 0 Å². The quantitative estimate of drug-likeness (QED) is 0.428. The molecule has 0 fully saturated rings. The monoisotopic (exact) mass is 485 g/mol. The van der Waals surface area contributed by atoms with E-state index < -0.39 is 0 Å². The number of nitrogens with zero attached hydrogens (tertiary/aromatic N) is 3. The molecule has 2 heterocycles. The first-order chi connectivity index (χ1) is 15.9. The van der Waals surface area contributed by atoms with Crippen molar-refractivity contribution in [1.82, 2.24) is 14.9 Å². The maximum absolute atomic E-state index is 11.7. The van der Waals surface area contributed by atoms with E-state index in [1.54, 1.807) is 12.1 Å². The first-order valence-corrected chi connectivity index (χ1v) is 11.5. The largest absolute Gasteiger partial charge is 0.489 e. The van der Waals surface area contributed by atoms with Crippen LogP contribution in [-0.4, -0.2) is 41.0 Å². The predicted octanol–water partition coefficient (Wildman–Crippen LogP) is 5.20. The van der Waals surface area contributed by atoms with Gasteiger partial charge in [-0.15, -0.1) is 0 Å². The molecule has 1 atom stereocenters. The standard InChI is InChI=1S/C25H25Cl2N3O3/c1-16(25(31)32-2)13-30-10-9-23-19(14-30)12-28-24(29-23)18-4-6-20(7-5-18)33-15-17-3-8-21(26)22(27)11-17/h3-8,11-12,16H,9-10,13-15H2,1-2H3. The molecule has 0 N–H and O–H groups in total. The topological polar surface area (TPSA) is 64.5 Å². The molecule has 3 aromatic rings. The molecular weight excluding hydrogens is 461 g/mol. The second-order valence-electron chi connectivity index (χ2n) is 8.14. The molecule has 8 heteroatoms. The van der Waals surface area contributed by atoms with Crippen LogP contribution in [0, 0.1) is 5.92 Å². The van der Waals surface area contributed by atoms with Crippen molar-refractivity contribution in [2.24, 2.45) is 5.92 Å². The molecule has 0 saturated carbocycles. The summed E-state index contributed by atoms with van der Waals surface area (Å²) in [7, 11) is 1.42. The zero-order chi connectivity index (χ0) is 23.4. The minimum absolute atomic E-state index is 0.158. The molecule has 0 aliphatic carbocycles. The number of rotatable bonds is 7. The molecule has 1 aliphatic heterocycles. The Labute approximate surface area is 203 Å². The van der Waals surface area contributed by atoms with Crippen LogP contribution in [0.5, 0.6) is 5.75 Å². The first kappa shape index (κ1) is 23.5. The smallest absolute Gasteiger partial charge is 0.309 e. The van der Waals surface area contributed by atoms with Crippen molar-refractivity contribution in [1.29, 1.82) is 0 Å². The fourth-order valence-corrected chi connectivity index (χ4v) is 4.15. The summed E-state index contributed by atoms with van der Waals surface area (Å²) in [5.74, 6) is 1.10. The van der Waals surface area contributed by atoms with E-state index in [2.05, 4.69) is 9.88 Å². The number of esters is 1. The Kier molecular flexibility index (Phi) is 7.48. The van der Waals surface area contributed by atoms with E-state index in [1.807, 2.05) is 43.5 Å². The average Bonchev–Trinajstić information content (AvgIpc) is 2.84. The van der Waals surface area contributed by atoms with Crippen LogP contribution in [0.4, 0.5) is 0 Å². The Morgan fingerprint density at radius 2 is 1.94 bits per heavy atom. The third kappa shape index (κ3) is 5.82. The maximum atomic E-state index is 11.7. The lowest BCUT2D eigenvalue weighted by Crippen LogP contribution is -2.36. The molecule has 1 aliphatic rings. The number of carbonyl (C=O) groups is 1. The SMILES string of the molecule is COC(=O)C(C)CN1CCc2nc(-c3ccc(OCc4ccc(Cl)c(Cl)c4)cc3)ncc2C1. The summed E-state index contributed by atoms with van der Waals surface area (Å²) < 4.78 is 10.7. The van der Waals surface area contributed by atoms with Gasteiger partial charge in [0.1, 0.15) is 12.4 Å². The van der Waals surface area contributed by atoms with Crippen LogP contribution in [0.2, 0.25) is 10.0 Å². The minimum atomic E-state index is -0.184. The summed E-state index contributed by atoms with van der Waals surface area (Å²) in [5, 5.41) is 1.04. The fraction of sp³-hybridized carbons (Fsp3) is 0.320. The van der Waals surface area contributed by atoms with E-state index in [-0.39, 0.29) is 11.9 Å². The van der Waals surface area contributed by atoms with Crippen LogP contribution >= 0.6 is 23.2 Å². The van der Waals surface area contributed by atoms with Crippen LogP contribution in [0.1, 0.15) is 23.7 Å². The van der Waals surface area contributed by atoms with Crippen molar-refractivity contribution in [2.75, 3.05) is 20.2 Å². The maximum Gasteiger partial charge on any atom is 0.309 e. The average molecular weight is 486 g/mol. The molecule has 1 aromatic heterocycles. The van der Waals surface area contributed by atoms with E-state index >= 15 is 0 Å². The van der Waals surface area contributed by atoms with Gasteiger partial charge in [-0.05, 0) is 42.0 Å². The lowest BCUT2D eigenvalue weighted by atomic mass is 10.0. The molecule has 1 unspecified atom stereocenters. The van der Waals surface area contributed by atoms with Gasteiger partial charge >= 0.3 is 5.97 Å². The zero-order valence-electron chi connectivity index (χ0n) is 18.6. The fourth-order valence-electron chi connectivity index (χ4n) is 3.83. The summed E-state index contributed by atoms with van der Waals surface area (Å²) in [6, 6.07) is 13.2. The molecule has 0 bridgehead atoms. The van der Waals surface area contributed by atoms with Gasteiger partial charge in [-0.3, -0.25) is 9.69 Å². The van der Waals surface area contributed by atoms with E-state index in [0.29, 0.717) is 29.0 Å². The predicted molar refractivity (Wildman–Crippen MR) is 128 cm³/mol. The number of fused-ring (bicyclic) bond motifs is 1. The molecule has 2 aromatic carbocycles. The Morgan fingerprint density at radius 1 is 1.15 bits per heavy atom. The molecule has 0 radical (unpaired) electrons. The molecule has 0 saturated heterocycles. The second-order valence-corrected chi connectivity index (χ2v) is 8.95. The van der Waals surface area contributed by atoms with Gasteiger partial charge in [0.05, 0.1) is 28.8 Å². The highest BCUT2D eigenvalue weighted by atomic mass is 35.5. The van der Waals surface area contributed by atoms with Gasteiger partial charge in [-0.2, -0.15) is 0 Å². The molecule has 0 spiro atoms. The number of hydrogen-bond acceptors (Lipinski definition) is 6. The highest BCUT2D eigenvalue weighted by Gasteiger charge is 2.23. The van der Waals surface area contributed by atoms with E-state index in [9.17, 15) is 4.79 Å². The summed E-state index contributed by atoms with van der Waals surface area (Å²) in [6.07, 6.45) is 2.71. The van der Waals surface area contributed by atoms with Crippen LogP contribution < -0.4 is 4.74 Å². The molecule has 6 nitrogen and oxygen atoms in total. The van der Waals surface area contributed by atoms with Crippen molar-refractivity contribution in [2.45, 2.75) is 26.5 Å². The third-order valence-corrected chi connectivity index (χ3v) is 6.39. The third-order valence-electron chi connectivity index (χ3n) is 5.65. The molecular formula is C25H25Cl2N3O3. The van der Waals surface area contributed by atoms with Gasteiger partial charge in [0.2, 0.25) is 0 Å². The number of benzene rings is 2. The second kappa shape index (κ2) is 10.5. The van der Waals surface area contributed by atoms with Gasteiger partial charge < -0.3 is 9.47 Å². The molecule has 33 heavy (non-hydrogen) atoms. The van der Waals surface area contributed by atoms with E-state index in [4.69, 9.17) is 37.7 Å². The molecule has 4 rings (SSSR count). The van der Waals surface area contributed by atoms with Crippen LogP contribution in [0.25, 0.3) is 11.4 Å². The van der Waals surface area contributed by atoms with E-state index in [0.717, 1.165) is 47.6 Å². The van der Waals surface area contributed by atoms with Gasteiger partial charge in [0, 0.05) is 43.4 Å². The first-order valence-electron chi connectivity index (χ1n) is 10.7. The number of ether oxygens (including phenoxy) is 2. The lowest BCUT2D eigenvalue weighted by molar-refractivity contribution is -0.145. The number of methoxy groups -OCH3 is 1. The van der Waals surface area contributed by atoms with Crippen molar-refractivity contribution in [3.8, 4) is 17.1 Å². The highest BCUT2D eigenvalue weighted by molar-refractivity contribution is 6.42. The Morgan fingerprint density at radius 3 is 2.67 bits per heavy atom. The number of hydrogen-bond donors (Lipinski definition) is 0. The van der Waals surface area contributed by atoms with Gasteiger partial charge in [0.25, 0.3) is 0 Å². The zero-order valence-corrected chi connectivity index (χ0v) is 20.1. The summed E-state index contributed by atoms with van der Waals surface area (Å²) in [4.78, 5) is 23.3. The van der Waals surface area contributed by atoms with Crippen molar-refractivity contribution >= 4 is 29.2 Å². The summed E-state index contributed by atoms with van der Waals surface area (Å²) in [6.45, 7) is 4.54. The Balaban J connectivity index is 1.38. The highest BCUT2D eigenvalue weighted by Crippen LogP contribution is 2.25. The summed E-state index contributed by atoms with van der Waals surface area (Å²) >= 11 is 12.0. The molecule has 0 amide bonds. The minimum Gasteiger partial charge on any atom is -0.489 e. The Hall–Kier alpha value is -2.67. The Bertz CT molecular complexity index is 1140. The number of carbonyl (C=O) groups excluding carboxylic acids is 1. The molecule has 172 valence electrons. The normalized spacial score (nSPS) is 14.4. The van der Waals surface area contributed by atoms with Gasteiger partial charge in [0.15, 0.2) is 5.82 Å². The van der Waals surface area contributed by atoms with E-state index in [1.165, 1.54) is 7.11 Å².